The smallest absolute Gasteiger partial charge is 0.258 e. The van der Waals surface area contributed by atoms with E-state index in [1.165, 1.54) is 6.20 Å². The zero-order valence-corrected chi connectivity index (χ0v) is 20.1. The first-order chi connectivity index (χ1) is 16.2. The second kappa shape index (κ2) is 9.81. The van der Waals surface area contributed by atoms with E-state index in [1.54, 1.807) is 24.3 Å². The van der Waals surface area contributed by atoms with Crippen LogP contribution in [0.3, 0.4) is 0 Å². The van der Waals surface area contributed by atoms with Crippen molar-refractivity contribution >= 4 is 40.8 Å². The van der Waals surface area contributed by atoms with E-state index in [-0.39, 0.29) is 11.8 Å². The van der Waals surface area contributed by atoms with Crippen molar-refractivity contribution in [2.45, 2.75) is 33.1 Å². The van der Waals surface area contributed by atoms with E-state index in [4.69, 9.17) is 17.0 Å². The minimum atomic E-state index is -0.787. The molecule has 1 aromatic carbocycles. The molecule has 1 saturated heterocycles. The zero-order valence-electron chi connectivity index (χ0n) is 19.3. The Kier molecular flexibility index (Phi) is 6.84. The lowest BCUT2D eigenvalue weighted by molar-refractivity contribution is -0.122. The maximum atomic E-state index is 13.3. The van der Waals surface area contributed by atoms with Crippen LogP contribution in [0.5, 0.6) is 0 Å². The number of aryl methyl sites for hydroxylation is 1. The SMILES string of the molecule is Cc1ccc(NC(=O)C2(C)C=CC(C(=N)N3CCCC3)=CC2)c(C(=O)Nc2ccc(Cl)cn2)c1. The van der Waals surface area contributed by atoms with Crippen molar-refractivity contribution in [3.8, 4) is 0 Å². The average molecular weight is 478 g/mol. The predicted octanol–water partition coefficient (Wildman–Crippen LogP) is 5.20. The van der Waals surface area contributed by atoms with Gasteiger partial charge >= 0.3 is 0 Å². The Morgan fingerprint density at radius 1 is 1.15 bits per heavy atom. The van der Waals surface area contributed by atoms with Gasteiger partial charge in [0.25, 0.3) is 5.91 Å². The molecule has 0 bridgehead atoms. The molecule has 3 N–H and O–H groups in total. The molecule has 1 atom stereocenters. The number of amidine groups is 1. The number of hydrogen-bond acceptors (Lipinski definition) is 4. The first-order valence-electron chi connectivity index (χ1n) is 11.3. The molecule has 1 fully saturated rings. The topological polar surface area (TPSA) is 98.2 Å². The van der Waals surface area contributed by atoms with Crippen molar-refractivity contribution in [1.29, 1.82) is 5.41 Å². The number of nitrogens with zero attached hydrogens (tertiary/aromatic N) is 2. The Balaban J connectivity index is 1.47. The number of halogens is 1. The number of hydrogen-bond donors (Lipinski definition) is 3. The van der Waals surface area contributed by atoms with E-state index in [0.717, 1.165) is 37.1 Å². The number of allylic oxidation sites excluding steroid dienone is 1. The summed E-state index contributed by atoms with van der Waals surface area (Å²) in [6, 6.07) is 8.57. The van der Waals surface area contributed by atoms with Crippen molar-refractivity contribution in [3.05, 3.63) is 76.5 Å². The fourth-order valence-electron chi connectivity index (χ4n) is 4.05. The van der Waals surface area contributed by atoms with Crippen molar-refractivity contribution < 1.29 is 9.59 Å². The van der Waals surface area contributed by atoms with Crippen LogP contribution in [0.2, 0.25) is 5.02 Å². The average Bonchev–Trinajstić information content (AvgIpc) is 3.37. The molecule has 0 radical (unpaired) electrons. The lowest BCUT2D eigenvalue weighted by Crippen LogP contribution is -2.35. The molecule has 2 heterocycles. The van der Waals surface area contributed by atoms with E-state index in [2.05, 4.69) is 20.5 Å². The van der Waals surface area contributed by atoms with Crippen molar-refractivity contribution in [2.24, 2.45) is 5.41 Å². The molecule has 2 aromatic rings. The van der Waals surface area contributed by atoms with Gasteiger partial charge in [0.05, 0.1) is 21.7 Å². The maximum absolute atomic E-state index is 13.3. The highest BCUT2D eigenvalue weighted by Crippen LogP contribution is 2.32. The summed E-state index contributed by atoms with van der Waals surface area (Å²) in [5, 5.41) is 14.6. The molecule has 1 aliphatic heterocycles. The molecular formula is C26H28ClN5O2. The number of carbonyl (C=O) groups excluding carboxylic acids is 2. The van der Waals surface area contributed by atoms with Crippen LogP contribution in [0.4, 0.5) is 11.5 Å². The van der Waals surface area contributed by atoms with Crippen LogP contribution in [0.25, 0.3) is 0 Å². The lowest BCUT2D eigenvalue weighted by atomic mass is 9.80. The Morgan fingerprint density at radius 2 is 1.91 bits per heavy atom. The molecule has 0 saturated carbocycles. The third-order valence-electron chi connectivity index (χ3n) is 6.23. The van der Waals surface area contributed by atoms with Gasteiger partial charge in [-0.2, -0.15) is 0 Å². The molecule has 7 nitrogen and oxygen atoms in total. The van der Waals surface area contributed by atoms with E-state index in [1.807, 2.05) is 38.1 Å². The van der Waals surface area contributed by atoms with Gasteiger partial charge in [0.1, 0.15) is 11.7 Å². The minimum absolute atomic E-state index is 0.214. The van der Waals surface area contributed by atoms with Gasteiger partial charge in [-0.3, -0.25) is 15.0 Å². The fraction of sp³-hybridized carbons (Fsp3) is 0.308. The van der Waals surface area contributed by atoms with Gasteiger partial charge < -0.3 is 15.5 Å². The van der Waals surface area contributed by atoms with Crippen LogP contribution in [-0.2, 0) is 4.79 Å². The van der Waals surface area contributed by atoms with E-state index < -0.39 is 5.41 Å². The number of anilines is 2. The number of aromatic nitrogens is 1. The lowest BCUT2D eigenvalue weighted by Gasteiger charge is -2.29. The minimum Gasteiger partial charge on any atom is -0.357 e. The summed E-state index contributed by atoms with van der Waals surface area (Å²) in [7, 11) is 0. The van der Waals surface area contributed by atoms with Gasteiger partial charge in [0.15, 0.2) is 0 Å². The monoisotopic (exact) mass is 477 g/mol. The fourth-order valence-corrected chi connectivity index (χ4v) is 4.16. The van der Waals surface area contributed by atoms with Crippen LogP contribution in [0.15, 0.2) is 60.3 Å². The third-order valence-corrected chi connectivity index (χ3v) is 6.45. The molecule has 0 spiro atoms. The molecule has 176 valence electrons. The second-order valence-electron chi connectivity index (χ2n) is 8.98. The van der Waals surface area contributed by atoms with Gasteiger partial charge in [0.2, 0.25) is 5.91 Å². The van der Waals surface area contributed by atoms with Gasteiger partial charge in [-0.15, -0.1) is 0 Å². The highest BCUT2D eigenvalue weighted by Gasteiger charge is 2.33. The van der Waals surface area contributed by atoms with Crippen molar-refractivity contribution in [3.63, 3.8) is 0 Å². The van der Waals surface area contributed by atoms with Crippen LogP contribution < -0.4 is 10.6 Å². The van der Waals surface area contributed by atoms with Gasteiger partial charge in [0, 0.05) is 24.9 Å². The summed E-state index contributed by atoms with van der Waals surface area (Å²) in [4.78, 5) is 32.4. The highest BCUT2D eigenvalue weighted by atomic mass is 35.5. The van der Waals surface area contributed by atoms with E-state index in [9.17, 15) is 9.59 Å². The largest absolute Gasteiger partial charge is 0.357 e. The maximum Gasteiger partial charge on any atom is 0.258 e. The molecular weight excluding hydrogens is 450 g/mol. The normalized spacial score (nSPS) is 19.5. The number of amides is 2. The van der Waals surface area contributed by atoms with Gasteiger partial charge in [-0.25, -0.2) is 4.98 Å². The predicted molar refractivity (Wildman–Crippen MR) is 135 cm³/mol. The summed E-state index contributed by atoms with van der Waals surface area (Å²) in [6.07, 6.45) is 9.82. The van der Waals surface area contributed by atoms with E-state index >= 15 is 0 Å². The first-order valence-corrected chi connectivity index (χ1v) is 11.7. The molecule has 4 rings (SSSR count). The summed E-state index contributed by atoms with van der Waals surface area (Å²) in [5.41, 5.74) is 1.73. The van der Waals surface area contributed by atoms with Crippen LogP contribution in [0, 0.1) is 17.7 Å². The Morgan fingerprint density at radius 3 is 2.56 bits per heavy atom. The van der Waals surface area contributed by atoms with Gasteiger partial charge in [-0.1, -0.05) is 41.5 Å². The first kappa shape index (κ1) is 23.7. The quantitative estimate of drug-likeness (QED) is 0.407. The number of benzene rings is 1. The highest BCUT2D eigenvalue weighted by molar-refractivity contribution is 6.30. The zero-order chi connectivity index (χ0) is 24.3. The summed E-state index contributed by atoms with van der Waals surface area (Å²) in [6.45, 7) is 5.56. The standard InChI is InChI=1S/C26H28ClN5O2/c1-17-5-7-21(20(15-17)24(33)31-22-8-6-19(27)16-29-22)30-25(34)26(2)11-9-18(10-12-26)23(28)32-13-3-4-14-32/h5-11,15-16,28H,3-4,12-14H2,1-2H3,(H,30,34)(H,29,31,33). The number of pyridine rings is 1. The Labute approximate surface area is 204 Å². The molecule has 1 unspecified atom stereocenters. The third kappa shape index (κ3) is 5.20. The number of rotatable bonds is 5. The molecule has 1 aliphatic carbocycles. The summed E-state index contributed by atoms with van der Waals surface area (Å²) >= 11 is 5.87. The van der Waals surface area contributed by atoms with Crippen LogP contribution >= 0.6 is 11.6 Å². The van der Waals surface area contributed by atoms with E-state index in [0.29, 0.717) is 34.3 Å². The van der Waals surface area contributed by atoms with Gasteiger partial charge in [-0.05, 0) is 57.4 Å². The summed E-state index contributed by atoms with van der Waals surface area (Å²) in [5.74, 6) is 0.298. The Bertz CT molecular complexity index is 1180. The molecule has 2 aliphatic rings. The van der Waals surface area contributed by atoms with Crippen molar-refractivity contribution in [2.75, 3.05) is 23.7 Å². The molecule has 1 aromatic heterocycles. The molecule has 8 heteroatoms. The number of carbonyl (C=O) groups is 2. The molecule has 2 amide bonds. The number of likely N-dealkylation sites (tertiary alicyclic amines) is 1. The number of nitrogens with one attached hydrogen (secondary N) is 3. The summed E-state index contributed by atoms with van der Waals surface area (Å²) < 4.78 is 0. The Hall–Kier alpha value is -3.45. The van der Waals surface area contributed by atoms with Crippen LogP contribution in [0.1, 0.15) is 42.1 Å². The molecule has 34 heavy (non-hydrogen) atoms. The van der Waals surface area contributed by atoms with Crippen molar-refractivity contribution in [1.82, 2.24) is 9.88 Å². The second-order valence-corrected chi connectivity index (χ2v) is 9.41. The van der Waals surface area contributed by atoms with Crippen LogP contribution in [-0.4, -0.2) is 40.6 Å².